The number of phenols is 1. The lowest BCUT2D eigenvalue weighted by atomic mass is 9.81. The molecule has 6 heterocycles. The summed E-state index contributed by atoms with van der Waals surface area (Å²) < 4.78 is 36.5. The van der Waals surface area contributed by atoms with Gasteiger partial charge in [0.1, 0.15) is 43.9 Å². The summed E-state index contributed by atoms with van der Waals surface area (Å²) in [5.74, 6) is -2.93. The Bertz CT molecular complexity index is 3500. The second-order valence-electron chi connectivity index (χ2n) is 22.2. The van der Waals surface area contributed by atoms with Gasteiger partial charge in [0.2, 0.25) is 29.2 Å². The van der Waals surface area contributed by atoms with Gasteiger partial charge in [-0.15, -0.1) is 5.10 Å². The van der Waals surface area contributed by atoms with Gasteiger partial charge in [-0.2, -0.15) is 0 Å². The molecular weight excluding hydrogens is 1150 g/mol. The monoisotopic (exact) mass is 1230 g/mol. The lowest BCUT2D eigenvalue weighted by Gasteiger charge is -2.35. The molecule has 0 unspecified atom stereocenters. The predicted octanol–water partition coefficient (Wildman–Crippen LogP) is 3.46. The molecule has 0 saturated heterocycles. The van der Waals surface area contributed by atoms with Gasteiger partial charge < -0.3 is 65.1 Å². The Morgan fingerprint density at radius 2 is 1.61 bits per heavy atom. The third-order valence-electron chi connectivity index (χ3n) is 16.3. The Labute approximate surface area is 512 Å². The van der Waals surface area contributed by atoms with E-state index in [0.717, 1.165) is 42.2 Å². The van der Waals surface area contributed by atoms with Crippen molar-refractivity contribution in [3.05, 3.63) is 111 Å². The fourth-order valence-electron chi connectivity index (χ4n) is 11.5. The number of aromatic nitrogens is 5. The second kappa shape index (κ2) is 30.3. The molecule has 1 saturated carbocycles. The van der Waals surface area contributed by atoms with Crippen LogP contribution >= 0.6 is 0 Å². The van der Waals surface area contributed by atoms with Crippen molar-refractivity contribution >= 4 is 64.2 Å². The molecule has 2 aromatic carbocycles. The molecule has 6 amide bonds. The van der Waals surface area contributed by atoms with Crippen molar-refractivity contribution in [2.75, 3.05) is 64.6 Å². The molecule has 3 aromatic heterocycles. The summed E-state index contributed by atoms with van der Waals surface area (Å²) in [6.45, 7) is 5.11. The third-order valence-corrected chi connectivity index (χ3v) is 16.3. The number of carbonyl (C=O) groups excluding carboxylic acids is 8. The zero-order valence-electron chi connectivity index (χ0n) is 49.9. The Morgan fingerprint density at radius 1 is 0.854 bits per heavy atom. The van der Waals surface area contributed by atoms with Crippen molar-refractivity contribution in [3.63, 3.8) is 0 Å². The molecule has 9 rings (SSSR count). The highest BCUT2D eigenvalue weighted by Gasteiger charge is 2.51. The number of esters is 1. The van der Waals surface area contributed by atoms with E-state index >= 15 is 0 Å². The molecule has 89 heavy (non-hydrogen) atoms. The quantitative estimate of drug-likeness (QED) is 0.0206. The molecule has 7 N–H and O–H groups in total. The minimum atomic E-state index is -2.01. The van der Waals surface area contributed by atoms with Gasteiger partial charge in [-0.05, 0) is 111 Å². The number of pyridine rings is 2. The van der Waals surface area contributed by atoms with E-state index in [2.05, 4.69) is 31.6 Å². The van der Waals surface area contributed by atoms with Gasteiger partial charge in [-0.3, -0.25) is 38.5 Å². The molecule has 5 aromatic rings. The van der Waals surface area contributed by atoms with Crippen molar-refractivity contribution in [2.45, 2.75) is 123 Å². The standard InChI is InChI=1S/C62H75N11O16/c1-3-44-45-28-43(74)17-18-49(45)68-56-46(44)33-72-51(56)29-48-47(59(72)81)35-87-60(82)62(48,4-2)89-61(83)88-34-39-11-15-41(16-12-39)66-58(80)50(8-6-5-7-21-63)67-53(76)37-86-36-52(75)64-22-24-84-26-27-85-25-23-71-32-42(69-70-71)30-65-57(79)40-13-9-38(10-14-40)31-73-54(77)19-20-55(73)78/h11-12,15-20,28-29,32,38,40,50,74H,3-10,13-14,21-27,30-31,33-37,63H2,1-2H3,(H,64,75)(H,65,79)(H,66,80)(H,67,76)/t38?,40?,50-,62-/m0/s1. The van der Waals surface area contributed by atoms with Crippen LogP contribution in [0.1, 0.15) is 105 Å². The van der Waals surface area contributed by atoms with E-state index in [0.29, 0.717) is 98.8 Å². The number of benzene rings is 2. The number of phenolic OH excluding ortho intramolecular Hbond substituents is 1. The van der Waals surface area contributed by atoms with E-state index in [1.165, 1.54) is 17.1 Å². The Balaban J connectivity index is 0.647. The minimum Gasteiger partial charge on any atom is -0.508 e. The zero-order valence-corrected chi connectivity index (χ0v) is 49.9. The summed E-state index contributed by atoms with van der Waals surface area (Å²) in [6, 6.07) is 12.0. The number of imide groups is 1. The molecule has 3 aliphatic heterocycles. The zero-order chi connectivity index (χ0) is 63.0. The third kappa shape index (κ3) is 16.1. The molecule has 0 bridgehead atoms. The predicted molar refractivity (Wildman–Crippen MR) is 318 cm³/mol. The topological polar surface area (TPSA) is 355 Å². The normalized spacial score (nSPS) is 17.8. The van der Waals surface area contributed by atoms with Crippen LogP contribution < -0.4 is 32.6 Å². The van der Waals surface area contributed by atoms with Gasteiger partial charge >= 0.3 is 12.1 Å². The van der Waals surface area contributed by atoms with Gasteiger partial charge in [0.15, 0.2) is 0 Å². The van der Waals surface area contributed by atoms with E-state index < -0.39 is 60.3 Å². The van der Waals surface area contributed by atoms with Crippen LogP contribution in [0.3, 0.4) is 0 Å². The Kier molecular flexibility index (Phi) is 22.0. The smallest absolute Gasteiger partial charge is 0.508 e. The summed E-state index contributed by atoms with van der Waals surface area (Å²) in [5, 5.41) is 30.3. The molecule has 474 valence electrons. The van der Waals surface area contributed by atoms with Crippen LogP contribution in [0, 0.1) is 11.8 Å². The highest BCUT2D eigenvalue weighted by atomic mass is 16.7. The molecule has 27 nitrogen and oxygen atoms in total. The number of anilines is 1. The molecular formula is C62H75N11O16. The van der Waals surface area contributed by atoms with Crippen LogP contribution in [0.4, 0.5) is 10.5 Å². The summed E-state index contributed by atoms with van der Waals surface area (Å²) in [6.07, 6.45) is 8.87. The minimum absolute atomic E-state index is 0.0584. The van der Waals surface area contributed by atoms with Crippen molar-refractivity contribution in [1.29, 1.82) is 0 Å². The number of fused-ring (bicyclic) bond motifs is 5. The van der Waals surface area contributed by atoms with E-state index in [4.69, 9.17) is 39.1 Å². The SMILES string of the molecule is CCc1c2c(nc3ccc(O)cc13)-c1cc3c(c(=O)n1C2)COC(=O)[C@@]3(CC)OC(=O)OCc1ccc(NC(=O)[C@H](CCCCCN)NC(=O)COCC(=O)NCCOCCOCCn2cc(CNC(=O)C3CCC(CN4C(=O)C=CC4=O)CC3)nn2)cc1. The average molecular weight is 1230 g/mol. The summed E-state index contributed by atoms with van der Waals surface area (Å²) >= 11 is 0. The number of nitrogens with two attached hydrogens (primary N) is 1. The molecule has 4 aliphatic rings. The number of hydrogen-bond acceptors (Lipinski definition) is 20. The lowest BCUT2D eigenvalue weighted by Crippen LogP contribution is -2.47. The molecule has 0 radical (unpaired) electrons. The van der Waals surface area contributed by atoms with Gasteiger partial charge in [-0.25, -0.2) is 19.3 Å². The van der Waals surface area contributed by atoms with Crippen LogP contribution in [0.25, 0.3) is 22.3 Å². The number of aryl methyl sites for hydroxylation is 1. The van der Waals surface area contributed by atoms with Crippen LogP contribution in [0.5, 0.6) is 5.75 Å². The average Bonchev–Trinajstić information content (AvgIpc) is 1.68. The van der Waals surface area contributed by atoms with Crippen molar-refractivity contribution in [1.82, 2.24) is 45.4 Å². The number of rotatable bonds is 31. The van der Waals surface area contributed by atoms with Gasteiger partial charge in [0.25, 0.3) is 17.4 Å². The van der Waals surface area contributed by atoms with Gasteiger partial charge in [0.05, 0.1) is 74.7 Å². The highest BCUT2D eigenvalue weighted by molar-refractivity contribution is 6.12. The molecule has 0 spiro atoms. The molecule has 1 fully saturated rings. The van der Waals surface area contributed by atoms with Crippen LogP contribution in [-0.2, 0) is 107 Å². The van der Waals surface area contributed by atoms with Crippen molar-refractivity contribution in [2.24, 2.45) is 17.6 Å². The molecule has 1 aliphatic carbocycles. The first-order valence-electron chi connectivity index (χ1n) is 30.1. The van der Waals surface area contributed by atoms with E-state index in [1.807, 2.05) is 6.92 Å². The maximum atomic E-state index is 14.1. The maximum absolute atomic E-state index is 14.1. The number of amides is 6. The van der Waals surface area contributed by atoms with E-state index in [-0.39, 0.29) is 98.9 Å². The van der Waals surface area contributed by atoms with Gasteiger partial charge in [0, 0.05) is 53.4 Å². The van der Waals surface area contributed by atoms with Gasteiger partial charge in [-0.1, -0.05) is 44.0 Å². The first-order valence-corrected chi connectivity index (χ1v) is 30.1. The Hall–Kier alpha value is -8.92. The molecule has 27 heteroatoms. The summed E-state index contributed by atoms with van der Waals surface area (Å²) in [5.41, 5.74) is 8.47. The number of nitrogens with one attached hydrogen (secondary N) is 4. The summed E-state index contributed by atoms with van der Waals surface area (Å²) in [7, 11) is 0. The number of ether oxygens (including phenoxy) is 6. The highest BCUT2D eigenvalue weighted by Crippen LogP contribution is 2.43. The van der Waals surface area contributed by atoms with Crippen molar-refractivity contribution < 1.29 is 71.9 Å². The Morgan fingerprint density at radius 3 is 2.35 bits per heavy atom. The summed E-state index contributed by atoms with van der Waals surface area (Å²) in [4.78, 5) is 123. The lowest BCUT2D eigenvalue weighted by molar-refractivity contribution is -0.175. The molecule has 2 atom stereocenters. The number of cyclic esters (lactones) is 1. The number of unbranched alkanes of at least 4 members (excludes halogenated alkanes) is 2. The largest absolute Gasteiger partial charge is 0.510 e. The number of carbonyl (C=O) groups is 8. The first-order chi connectivity index (χ1) is 43.1. The fourth-order valence-corrected chi connectivity index (χ4v) is 11.5. The second-order valence-corrected chi connectivity index (χ2v) is 22.2. The van der Waals surface area contributed by atoms with Crippen molar-refractivity contribution in [3.8, 4) is 17.1 Å². The van der Waals surface area contributed by atoms with Crippen LogP contribution in [-0.4, -0.2) is 147 Å². The van der Waals surface area contributed by atoms with Crippen LogP contribution in [0.2, 0.25) is 0 Å². The van der Waals surface area contributed by atoms with Crippen LogP contribution in [0.15, 0.2) is 71.7 Å². The first kappa shape index (κ1) is 64.6. The number of aromatic hydroxyl groups is 1. The maximum Gasteiger partial charge on any atom is 0.510 e. The number of hydrogen-bond donors (Lipinski definition) is 6. The fraction of sp³-hybridized carbons (Fsp3) is 0.484. The number of nitrogens with zero attached hydrogens (tertiary/aromatic N) is 6. The van der Waals surface area contributed by atoms with E-state index in [1.54, 1.807) is 70.9 Å². The van der Waals surface area contributed by atoms with E-state index in [9.17, 15) is 48.3 Å².